The van der Waals surface area contributed by atoms with Crippen LogP contribution in [0.15, 0.2) is 36.7 Å². The zero-order valence-electron chi connectivity index (χ0n) is 25.4. The number of halogens is 1. The fourth-order valence-electron chi connectivity index (χ4n) is 7.44. The molecule has 0 saturated carbocycles. The summed E-state index contributed by atoms with van der Waals surface area (Å²) in [4.78, 5) is 26.2. The van der Waals surface area contributed by atoms with Crippen molar-refractivity contribution < 1.29 is 13.9 Å². The smallest absolute Gasteiger partial charge is 0.282 e. The highest BCUT2D eigenvalue weighted by Crippen LogP contribution is 2.37. The molecule has 4 heterocycles. The van der Waals surface area contributed by atoms with E-state index in [1.165, 1.54) is 53.0 Å². The van der Waals surface area contributed by atoms with Gasteiger partial charge in [0, 0.05) is 55.2 Å². The maximum atomic E-state index is 13.8. The molecule has 2 fully saturated rings. The van der Waals surface area contributed by atoms with E-state index >= 15 is 0 Å². The van der Waals surface area contributed by atoms with Crippen LogP contribution in [-0.4, -0.2) is 79.2 Å². The second kappa shape index (κ2) is 12.9. The van der Waals surface area contributed by atoms with Gasteiger partial charge in [-0.25, -0.2) is 9.37 Å². The van der Waals surface area contributed by atoms with E-state index in [1.54, 1.807) is 0 Å². The molecule has 0 bridgehead atoms. The first-order valence-electron chi connectivity index (χ1n) is 15.9. The molecule has 2 saturated heterocycles. The normalized spacial score (nSPS) is 22.4. The molecule has 8 nitrogen and oxygen atoms in total. The summed E-state index contributed by atoms with van der Waals surface area (Å²) in [5.74, 6) is -1.08. The van der Waals surface area contributed by atoms with Crippen molar-refractivity contribution in [3.8, 4) is 11.9 Å². The lowest BCUT2D eigenvalue weighted by atomic mass is 9.96. The number of likely N-dealkylation sites (tertiary alicyclic amines) is 1. The summed E-state index contributed by atoms with van der Waals surface area (Å²) in [7, 11) is 2.15. The monoisotopic (exact) mass is 586 g/mol. The Bertz CT molecular complexity index is 1410. The number of likely N-dealkylation sites (N-methyl/N-ethyl adjacent to an activating group) is 1. The second-order valence-electron chi connectivity index (χ2n) is 12.5. The number of hydrogen-bond acceptors (Lipinski definition) is 7. The molecule has 1 aromatic carbocycles. The van der Waals surface area contributed by atoms with Gasteiger partial charge in [-0.15, -0.1) is 0 Å². The number of carbonyl (C=O) groups is 1. The van der Waals surface area contributed by atoms with E-state index in [0.29, 0.717) is 44.7 Å². The predicted octanol–water partition coefficient (Wildman–Crippen LogP) is 4.80. The Morgan fingerprint density at radius 1 is 1.05 bits per heavy atom. The average molecular weight is 587 g/mol. The molecule has 4 aliphatic rings. The lowest BCUT2D eigenvalue weighted by Gasteiger charge is -2.43. The van der Waals surface area contributed by atoms with Crippen molar-refractivity contribution >= 4 is 17.3 Å². The molecule has 43 heavy (non-hydrogen) atoms. The third kappa shape index (κ3) is 6.21. The maximum Gasteiger partial charge on any atom is 0.282 e. The van der Waals surface area contributed by atoms with Gasteiger partial charge in [-0.2, -0.15) is 5.26 Å². The van der Waals surface area contributed by atoms with Crippen LogP contribution in [0.4, 0.5) is 15.8 Å². The minimum absolute atomic E-state index is 0.132. The van der Waals surface area contributed by atoms with Crippen molar-refractivity contribution in [1.82, 2.24) is 14.8 Å². The highest BCUT2D eigenvalue weighted by atomic mass is 19.1. The van der Waals surface area contributed by atoms with Gasteiger partial charge >= 0.3 is 0 Å². The molecule has 3 aliphatic heterocycles. The number of rotatable bonds is 7. The highest BCUT2D eigenvalue weighted by Gasteiger charge is 2.34. The van der Waals surface area contributed by atoms with Crippen LogP contribution in [0.25, 0.3) is 0 Å². The van der Waals surface area contributed by atoms with Gasteiger partial charge in [-0.3, -0.25) is 4.79 Å². The molecule has 0 N–H and O–H groups in total. The number of amides is 1. The zero-order valence-corrected chi connectivity index (χ0v) is 25.4. The van der Waals surface area contributed by atoms with E-state index in [-0.39, 0.29) is 6.42 Å². The maximum absolute atomic E-state index is 13.8. The Kier molecular flexibility index (Phi) is 8.85. The highest BCUT2D eigenvalue weighted by molar-refractivity contribution is 5.91. The zero-order chi connectivity index (χ0) is 29.9. The van der Waals surface area contributed by atoms with Gasteiger partial charge in [-0.05, 0) is 75.7 Å². The number of ether oxygens (including phenoxy) is 1. The van der Waals surface area contributed by atoms with Crippen LogP contribution in [0.5, 0.6) is 5.88 Å². The number of benzene rings is 1. The average Bonchev–Trinajstić information content (AvgIpc) is 3.27. The molecule has 2 aromatic rings. The molecule has 6 rings (SSSR count). The van der Waals surface area contributed by atoms with Crippen LogP contribution in [-0.2, 0) is 30.6 Å². The molecule has 1 aliphatic carbocycles. The van der Waals surface area contributed by atoms with Gasteiger partial charge in [0.15, 0.2) is 5.83 Å². The van der Waals surface area contributed by atoms with Crippen molar-refractivity contribution in [3.63, 3.8) is 0 Å². The number of aromatic nitrogens is 1. The fraction of sp³-hybridized carbons (Fsp3) is 0.559. The lowest BCUT2D eigenvalue weighted by Crippen LogP contribution is -2.55. The number of carbonyl (C=O) groups excluding carboxylic acids is 1. The number of anilines is 2. The van der Waals surface area contributed by atoms with Crippen molar-refractivity contribution in [1.29, 1.82) is 5.26 Å². The van der Waals surface area contributed by atoms with Crippen molar-refractivity contribution in [3.05, 3.63) is 59.1 Å². The minimum Gasteiger partial charge on any atom is -0.476 e. The lowest BCUT2D eigenvalue weighted by molar-refractivity contribution is -0.131. The van der Waals surface area contributed by atoms with Crippen LogP contribution >= 0.6 is 0 Å². The van der Waals surface area contributed by atoms with Crippen molar-refractivity contribution in [2.24, 2.45) is 0 Å². The minimum atomic E-state index is -0.982. The van der Waals surface area contributed by atoms with Gasteiger partial charge in [0.1, 0.15) is 6.61 Å². The number of aryl methyl sites for hydroxylation is 1. The summed E-state index contributed by atoms with van der Waals surface area (Å²) < 4.78 is 20.2. The van der Waals surface area contributed by atoms with Crippen LogP contribution in [0.2, 0.25) is 0 Å². The molecule has 0 radical (unpaired) electrons. The molecular weight excluding hydrogens is 543 g/mol. The van der Waals surface area contributed by atoms with Crippen molar-refractivity contribution in [2.45, 2.75) is 76.4 Å². The number of nitriles is 1. The molecular formula is C34H43FN6O2. The van der Waals surface area contributed by atoms with Gasteiger partial charge in [0.2, 0.25) is 5.88 Å². The van der Waals surface area contributed by atoms with Gasteiger partial charge in [-0.1, -0.05) is 25.1 Å². The molecule has 0 spiro atoms. The summed E-state index contributed by atoms with van der Waals surface area (Å²) in [6.07, 6.45) is 9.32. The Balaban J connectivity index is 1.31. The van der Waals surface area contributed by atoms with Gasteiger partial charge in [0.25, 0.3) is 5.91 Å². The van der Waals surface area contributed by atoms with Crippen molar-refractivity contribution in [2.75, 3.05) is 56.2 Å². The number of fused-ring (bicyclic) bond motifs is 2. The first-order valence-corrected chi connectivity index (χ1v) is 15.9. The molecule has 0 unspecified atom stereocenters. The quantitative estimate of drug-likeness (QED) is 0.341. The third-order valence-corrected chi connectivity index (χ3v) is 9.84. The Morgan fingerprint density at radius 3 is 2.70 bits per heavy atom. The summed E-state index contributed by atoms with van der Waals surface area (Å²) in [5.41, 5.74) is 7.60. The number of piperazine rings is 1. The molecule has 1 amide bonds. The largest absolute Gasteiger partial charge is 0.476 e. The number of hydrogen-bond donors (Lipinski definition) is 0. The SMILES string of the molecule is C=C(F)C(=O)N1CCN(c2cc(OC[C@@H]3CCCN3C)nc3c2CCN(c2cccc4c2CCCCC4)C3)C[C@@H]1CC#N. The predicted molar refractivity (Wildman–Crippen MR) is 166 cm³/mol. The first-order chi connectivity index (χ1) is 20.9. The van der Waals surface area contributed by atoms with Crippen LogP contribution in [0, 0.1) is 11.3 Å². The standard InChI is InChI=1S/C34H43FN6O2/c1-24(35)34(42)41-19-18-40(21-26(41)13-15-36)32-20-33(43-23-27-10-7-16-38(27)2)37-30-22-39(17-14-29(30)32)31-12-6-9-25-8-4-3-5-11-28(25)31/h6,9,12,20,26-27H,1,3-5,7-8,10-11,13-14,16-19,21-23H2,2H3/t26-,27-/m0/s1. The number of pyridine rings is 1. The Morgan fingerprint density at radius 2 is 1.91 bits per heavy atom. The van der Waals surface area contributed by atoms with E-state index in [0.717, 1.165) is 50.2 Å². The van der Waals surface area contributed by atoms with Crippen LogP contribution in [0.3, 0.4) is 0 Å². The van der Waals surface area contributed by atoms with E-state index < -0.39 is 17.8 Å². The van der Waals surface area contributed by atoms with E-state index in [4.69, 9.17) is 9.72 Å². The van der Waals surface area contributed by atoms with Crippen LogP contribution in [0.1, 0.15) is 60.9 Å². The summed E-state index contributed by atoms with van der Waals surface area (Å²) >= 11 is 0. The summed E-state index contributed by atoms with van der Waals surface area (Å²) in [5, 5.41) is 9.52. The van der Waals surface area contributed by atoms with Gasteiger partial charge < -0.3 is 24.3 Å². The molecule has 228 valence electrons. The first kappa shape index (κ1) is 29.4. The fourth-order valence-corrected chi connectivity index (χ4v) is 7.44. The van der Waals surface area contributed by atoms with Gasteiger partial charge in [0.05, 0.1) is 30.8 Å². The second-order valence-corrected chi connectivity index (χ2v) is 12.5. The van der Waals surface area contributed by atoms with Crippen LogP contribution < -0.4 is 14.5 Å². The Labute approximate surface area is 254 Å². The topological polar surface area (TPSA) is 75.9 Å². The molecule has 9 heteroatoms. The Hall–Kier alpha value is -3.64. The molecule has 1 aromatic heterocycles. The number of nitrogens with zero attached hydrogens (tertiary/aromatic N) is 6. The van der Waals surface area contributed by atoms with E-state index in [1.807, 2.05) is 6.07 Å². The third-order valence-electron chi connectivity index (χ3n) is 9.84. The van der Waals surface area contributed by atoms with E-state index in [9.17, 15) is 14.4 Å². The van der Waals surface area contributed by atoms with E-state index in [2.05, 4.69) is 52.6 Å². The molecule has 2 atom stereocenters. The summed E-state index contributed by atoms with van der Waals surface area (Å²) in [6.45, 7) is 7.81. The summed E-state index contributed by atoms with van der Waals surface area (Å²) in [6, 6.07) is 11.0.